The monoisotopic (exact) mass is 431 g/mol. The van der Waals surface area contributed by atoms with Crippen LogP contribution in [0.1, 0.15) is 34.8 Å². The zero-order valence-electron chi connectivity index (χ0n) is 14.3. The van der Waals surface area contributed by atoms with Gasteiger partial charge < -0.3 is 5.32 Å². The van der Waals surface area contributed by atoms with Crippen molar-refractivity contribution >= 4 is 38.9 Å². The number of likely N-dealkylation sites (tertiary alicyclic amines) is 1. The van der Waals surface area contributed by atoms with Crippen molar-refractivity contribution in [1.82, 2.24) is 10.2 Å². The SMILES string of the molecule is NS(=O)(=O)c1cc(C(=O)NCC(c2c(F)cccc2Cl)N2CCCC2)cs1. The largest absolute Gasteiger partial charge is 0.350 e. The van der Waals surface area contributed by atoms with Gasteiger partial charge in [-0.2, -0.15) is 0 Å². The van der Waals surface area contributed by atoms with Crippen molar-refractivity contribution in [2.45, 2.75) is 23.1 Å². The molecule has 3 N–H and O–H groups in total. The maximum Gasteiger partial charge on any atom is 0.252 e. The first-order valence-electron chi connectivity index (χ1n) is 8.35. The zero-order chi connectivity index (χ0) is 19.6. The van der Waals surface area contributed by atoms with Crippen LogP contribution in [-0.2, 0) is 10.0 Å². The van der Waals surface area contributed by atoms with Crippen molar-refractivity contribution < 1.29 is 17.6 Å². The van der Waals surface area contributed by atoms with E-state index in [1.807, 2.05) is 0 Å². The number of thiophene rings is 1. The minimum absolute atomic E-state index is 0.0825. The number of hydrogen-bond acceptors (Lipinski definition) is 5. The summed E-state index contributed by atoms with van der Waals surface area (Å²) in [6.45, 7) is 1.73. The molecule has 10 heteroatoms. The minimum Gasteiger partial charge on any atom is -0.350 e. The molecule has 146 valence electrons. The van der Waals surface area contributed by atoms with Gasteiger partial charge in [0, 0.05) is 22.5 Å². The fraction of sp³-hybridized carbons (Fsp3) is 0.353. The number of carbonyl (C=O) groups excluding carboxylic acids is 1. The van der Waals surface area contributed by atoms with E-state index in [4.69, 9.17) is 16.7 Å². The van der Waals surface area contributed by atoms with Gasteiger partial charge in [-0.1, -0.05) is 17.7 Å². The summed E-state index contributed by atoms with van der Waals surface area (Å²) in [6.07, 6.45) is 2.00. The number of carbonyl (C=O) groups is 1. The second-order valence-corrected chi connectivity index (χ2v) is 9.41. The molecule has 1 aliphatic rings. The number of nitrogens with zero attached hydrogens (tertiary/aromatic N) is 1. The van der Waals surface area contributed by atoms with Gasteiger partial charge >= 0.3 is 0 Å². The normalized spacial score (nSPS) is 16.4. The molecule has 1 unspecified atom stereocenters. The zero-order valence-corrected chi connectivity index (χ0v) is 16.7. The van der Waals surface area contributed by atoms with E-state index in [0.717, 1.165) is 37.3 Å². The van der Waals surface area contributed by atoms with E-state index in [0.29, 0.717) is 10.6 Å². The number of nitrogens with one attached hydrogen (secondary N) is 1. The summed E-state index contributed by atoms with van der Waals surface area (Å²) in [4.78, 5) is 14.5. The third kappa shape index (κ3) is 4.67. The number of sulfonamides is 1. The van der Waals surface area contributed by atoms with Gasteiger partial charge in [0.1, 0.15) is 10.0 Å². The van der Waals surface area contributed by atoms with Crippen LogP contribution in [0.4, 0.5) is 4.39 Å². The van der Waals surface area contributed by atoms with Crippen LogP contribution in [0.25, 0.3) is 0 Å². The highest BCUT2D eigenvalue weighted by atomic mass is 35.5. The molecule has 1 saturated heterocycles. The quantitative estimate of drug-likeness (QED) is 0.735. The number of rotatable bonds is 6. The maximum absolute atomic E-state index is 14.4. The molecule has 1 amide bonds. The molecule has 2 heterocycles. The van der Waals surface area contributed by atoms with E-state index >= 15 is 0 Å². The fourth-order valence-corrected chi connectivity index (χ4v) is 5.05. The Balaban J connectivity index is 1.79. The molecule has 1 aromatic heterocycles. The standard InChI is InChI=1S/C17H19ClFN3O3S2/c18-12-4-3-5-13(19)16(12)14(22-6-1-2-7-22)9-21-17(23)11-8-15(26-10-11)27(20,24)25/h3-5,8,10,14H,1-2,6-7,9H2,(H,21,23)(H2,20,24,25). The third-order valence-electron chi connectivity index (χ3n) is 4.49. The van der Waals surface area contributed by atoms with Gasteiger partial charge in [0.05, 0.1) is 11.6 Å². The van der Waals surface area contributed by atoms with Crippen molar-refractivity contribution in [3.8, 4) is 0 Å². The molecule has 1 aliphatic heterocycles. The van der Waals surface area contributed by atoms with Gasteiger partial charge in [-0.3, -0.25) is 9.69 Å². The average molecular weight is 432 g/mol. The summed E-state index contributed by atoms with van der Waals surface area (Å²) in [6, 6.07) is 5.35. The summed E-state index contributed by atoms with van der Waals surface area (Å²) in [5, 5.41) is 9.57. The Morgan fingerprint density at radius 2 is 2.07 bits per heavy atom. The number of halogens is 2. The molecule has 1 aromatic carbocycles. The molecule has 0 radical (unpaired) electrons. The van der Waals surface area contributed by atoms with Gasteiger partial charge in [-0.05, 0) is 44.1 Å². The molecule has 0 bridgehead atoms. The Morgan fingerprint density at radius 3 is 2.67 bits per heavy atom. The fourth-order valence-electron chi connectivity index (χ4n) is 3.17. The van der Waals surface area contributed by atoms with Gasteiger partial charge in [-0.15, -0.1) is 11.3 Å². The van der Waals surface area contributed by atoms with E-state index < -0.39 is 27.8 Å². The Bertz CT molecular complexity index is 922. The first-order valence-corrected chi connectivity index (χ1v) is 11.2. The average Bonchev–Trinajstić information content (AvgIpc) is 3.28. The highest BCUT2D eigenvalue weighted by molar-refractivity contribution is 7.91. The van der Waals surface area contributed by atoms with Crippen LogP contribution >= 0.6 is 22.9 Å². The van der Waals surface area contributed by atoms with Crippen molar-refractivity contribution in [2.24, 2.45) is 5.14 Å². The molecule has 1 atom stereocenters. The molecule has 0 spiro atoms. The van der Waals surface area contributed by atoms with Crippen molar-refractivity contribution in [3.05, 3.63) is 51.6 Å². The summed E-state index contributed by atoms with van der Waals surface area (Å²) in [7, 11) is -3.85. The molecule has 6 nitrogen and oxygen atoms in total. The lowest BCUT2D eigenvalue weighted by Gasteiger charge is -2.29. The summed E-state index contributed by atoms with van der Waals surface area (Å²) in [5.74, 6) is -0.862. The van der Waals surface area contributed by atoms with E-state index in [1.165, 1.54) is 17.5 Å². The van der Waals surface area contributed by atoms with Crippen LogP contribution in [0, 0.1) is 5.82 Å². The van der Waals surface area contributed by atoms with E-state index in [1.54, 1.807) is 12.1 Å². The third-order valence-corrected chi connectivity index (χ3v) is 7.20. The van der Waals surface area contributed by atoms with Crippen LogP contribution in [0.2, 0.25) is 5.02 Å². The first-order chi connectivity index (χ1) is 12.8. The Kier molecular flexibility index (Phi) is 6.17. The molecule has 3 rings (SSSR count). The number of benzene rings is 1. The first kappa shape index (κ1) is 20.2. The van der Waals surface area contributed by atoms with Crippen molar-refractivity contribution in [1.29, 1.82) is 0 Å². The Hall–Kier alpha value is -1.52. The van der Waals surface area contributed by atoms with E-state index in [9.17, 15) is 17.6 Å². The molecular formula is C17H19ClFN3O3S2. The number of primary sulfonamides is 1. The van der Waals surface area contributed by atoms with E-state index in [-0.39, 0.29) is 16.3 Å². The highest BCUT2D eigenvalue weighted by Gasteiger charge is 2.28. The predicted molar refractivity (Wildman–Crippen MR) is 103 cm³/mol. The van der Waals surface area contributed by atoms with Gasteiger partial charge in [-0.25, -0.2) is 17.9 Å². The number of hydrogen-bond donors (Lipinski definition) is 2. The van der Waals surface area contributed by atoms with E-state index in [2.05, 4.69) is 10.2 Å². The second kappa shape index (κ2) is 8.24. The van der Waals surface area contributed by atoms with Crippen molar-refractivity contribution in [3.63, 3.8) is 0 Å². The minimum atomic E-state index is -3.85. The smallest absolute Gasteiger partial charge is 0.252 e. The molecule has 27 heavy (non-hydrogen) atoms. The summed E-state index contributed by atoms with van der Waals surface area (Å²) >= 11 is 7.11. The van der Waals surface area contributed by atoms with Crippen LogP contribution in [-0.4, -0.2) is 38.9 Å². The Morgan fingerprint density at radius 1 is 1.37 bits per heavy atom. The van der Waals surface area contributed by atoms with Crippen LogP contribution in [0.15, 0.2) is 33.9 Å². The van der Waals surface area contributed by atoms with Crippen LogP contribution in [0.5, 0.6) is 0 Å². The summed E-state index contributed by atoms with van der Waals surface area (Å²) < 4.78 is 37.1. The van der Waals surface area contributed by atoms with Crippen molar-refractivity contribution in [2.75, 3.05) is 19.6 Å². The second-order valence-electron chi connectivity index (χ2n) is 6.30. The number of nitrogens with two attached hydrogens (primary N) is 1. The van der Waals surface area contributed by atoms with Gasteiger partial charge in [0.15, 0.2) is 0 Å². The Labute approximate surface area is 166 Å². The molecule has 2 aromatic rings. The lowest BCUT2D eigenvalue weighted by Crippen LogP contribution is -2.37. The van der Waals surface area contributed by atoms with Crippen LogP contribution < -0.4 is 10.5 Å². The molecule has 0 aliphatic carbocycles. The van der Waals surface area contributed by atoms with Gasteiger partial charge in [0.25, 0.3) is 5.91 Å². The lowest BCUT2D eigenvalue weighted by atomic mass is 10.0. The predicted octanol–water partition coefficient (Wildman–Crippen LogP) is 2.75. The molecule has 1 fully saturated rings. The van der Waals surface area contributed by atoms with Crippen LogP contribution in [0.3, 0.4) is 0 Å². The highest BCUT2D eigenvalue weighted by Crippen LogP contribution is 2.32. The lowest BCUT2D eigenvalue weighted by molar-refractivity contribution is 0.0937. The maximum atomic E-state index is 14.4. The summed E-state index contributed by atoms with van der Waals surface area (Å²) in [5.41, 5.74) is 0.556. The topological polar surface area (TPSA) is 92.5 Å². The molecular weight excluding hydrogens is 413 g/mol. The van der Waals surface area contributed by atoms with Gasteiger partial charge in [0.2, 0.25) is 10.0 Å². The molecule has 0 saturated carbocycles. The number of amides is 1.